The van der Waals surface area contributed by atoms with Crippen LogP contribution >= 0.6 is 0 Å². The lowest BCUT2D eigenvalue weighted by Gasteiger charge is -2.12. The fourth-order valence-electron chi connectivity index (χ4n) is 0.547. The van der Waals surface area contributed by atoms with Gasteiger partial charge in [0.1, 0.15) is 0 Å². The number of hydroxylamine groups is 1. The van der Waals surface area contributed by atoms with E-state index in [0.29, 0.717) is 5.82 Å². The molecule has 0 fully saturated rings. The summed E-state index contributed by atoms with van der Waals surface area (Å²) in [5.74, 6) is 0.699. The van der Waals surface area contributed by atoms with Gasteiger partial charge in [0.05, 0.1) is 13.3 Å². The molecule has 10 heavy (non-hydrogen) atoms. The molecule has 0 unspecified atom stereocenters. The number of hydrogen-bond donors (Lipinski definition) is 0. The molecule has 0 amide bonds. The molecule has 0 saturated heterocycles. The fourth-order valence-corrected chi connectivity index (χ4v) is 0.547. The highest BCUT2D eigenvalue weighted by Gasteiger charge is 1.96. The average molecular weight is 139 g/mol. The molecule has 0 aliphatic heterocycles. The number of aromatic nitrogens is 2. The highest BCUT2D eigenvalue weighted by molar-refractivity contribution is 5.29. The molecule has 1 rings (SSSR count). The van der Waals surface area contributed by atoms with E-state index in [-0.39, 0.29) is 0 Å². The lowest BCUT2D eigenvalue weighted by molar-refractivity contribution is 0.182. The van der Waals surface area contributed by atoms with E-state index in [1.54, 1.807) is 32.7 Å². The van der Waals surface area contributed by atoms with Crippen molar-refractivity contribution in [3.63, 3.8) is 0 Å². The predicted octanol–water partition coefficient (Wildman–Crippen LogP) is 0.474. The van der Waals surface area contributed by atoms with Gasteiger partial charge in [0.15, 0.2) is 5.82 Å². The smallest absolute Gasteiger partial charge is 0.170 e. The monoisotopic (exact) mass is 139 g/mol. The van der Waals surface area contributed by atoms with Crippen molar-refractivity contribution < 1.29 is 4.84 Å². The maximum atomic E-state index is 4.87. The Bertz CT molecular complexity index is 189. The van der Waals surface area contributed by atoms with E-state index in [1.165, 1.54) is 5.06 Å². The molecule has 0 aliphatic carbocycles. The number of anilines is 1. The molecule has 0 bridgehead atoms. The zero-order chi connectivity index (χ0) is 7.40. The third kappa shape index (κ3) is 1.41. The van der Waals surface area contributed by atoms with E-state index in [1.807, 2.05) is 0 Å². The van der Waals surface area contributed by atoms with Gasteiger partial charge in [0.25, 0.3) is 0 Å². The topological polar surface area (TPSA) is 38.2 Å². The summed E-state index contributed by atoms with van der Waals surface area (Å²) in [4.78, 5) is 12.7. The lowest BCUT2D eigenvalue weighted by atomic mass is 10.7. The molecule has 0 aliphatic rings. The van der Waals surface area contributed by atoms with Crippen molar-refractivity contribution >= 4 is 5.82 Å². The maximum absolute atomic E-state index is 4.87. The molecule has 0 spiro atoms. The van der Waals surface area contributed by atoms with Crippen LogP contribution in [0.5, 0.6) is 0 Å². The van der Waals surface area contributed by atoms with Gasteiger partial charge in [-0.2, -0.15) is 0 Å². The van der Waals surface area contributed by atoms with Crippen molar-refractivity contribution in [1.29, 1.82) is 0 Å². The van der Waals surface area contributed by atoms with Gasteiger partial charge in [-0.1, -0.05) is 0 Å². The molecule has 0 aromatic carbocycles. The second kappa shape index (κ2) is 3.12. The fraction of sp³-hybridized carbons (Fsp3) is 0.333. The van der Waals surface area contributed by atoms with E-state index in [0.717, 1.165) is 0 Å². The summed E-state index contributed by atoms with van der Waals surface area (Å²) in [5, 5.41) is 1.53. The molecule has 0 radical (unpaired) electrons. The van der Waals surface area contributed by atoms with Crippen LogP contribution in [0.15, 0.2) is 18.6 Å². The number of nitrogens with zero attached hydrogens (tertiary/aromatic N) is 3. The Labute approximate surface area is 59.4 Å². The van der Waals surface area contributed by atoms with Crippen molar-refractivity contribution in [2.75, 3.05) is 19.2 Å². The molecule has 0 atom stereocenters. The molecular weight excluding hydrogens is 130 g/mol. The van der Waals surface area contributed by atoms with Crippen molar-refractivity contribution in [2.24, 2.45) is 0 Å². The number of hydrogen-bond acceptors (Lipinski definition) is 4. The second-order valence-corrected chi connectivity index (χ2v) is 1.74. The minimum absolute atomic E-state index is 0.699. The summed E-state index contributed by atoms with van der Waals surface area (Å²) >= 11 is 0. The van der Waals surface area contributed by atoms with Crippen LogP contribution in [0.2, 0.25) is 0 Å². The highest BCUT2D eigenvalue weighted by Crippen LogP contribution is 2.02. The second-order valence-electron chi connectivity index (χ2n) is 1.74. The molecule has 1 aromatic heterocycles. The summed E-state index contributed by atoms with van der Waals surface area (Å²) in [6.45, 7) is 0. The van der Waals surface area contributed by atoms with Crippen molar-refractivity contribution in [2.45, 2.75) is 0 Å². The minimum atomic E-state index is 0.699. The van der Waals surface area contributed by atoms with Gasteiger partial charge in [0, 0.05) is 19.4 Å². The molecule has 0 saturated carbocycles. The van der Waals surface area contributed by atoms with E-state index in [9.17, 15) is 0 Å². The standard InChI is InChI=1S/C6H9N3O/c1-9(10-2)6-5-7-3-4-8-6/h3-5H,1-2H3. The normalized spacial score (nSPS) is 9.40. The molecule has 0 N–H and O–H groups in total. The van der Waals surface area contributed by atoms with Crippen LogP contribution in [-0.4, -0.2) is 24.1 Å². The summed E-state index contributed by atoms with van der Waals surface area (Å²) in [6, 6.07) is 0. The Kier molecular flexibility index (Phi) is 2.17. The van der Waals surface area contributed by atoms with Crippen molar-refractivity contribution in [3.8, 4) is 0 Å². The zero-order valence-electron chi connectivity index (χ0n) is 5.98. The first-order valence-electron chi connectivity index (χ1n) is 2.88. The van der Waals surface area contributed by atoms with Crippen molar-refractivity contribution in [3.05, 3.63) is 18.6 Å². The lowest BCUT2D eigenvalue weighted by Crippen LogP contribution is -2.15. The molecule has 4 nitrogen and oxygen atoms in total. The SMILES string of the molecule is CON(C)c1cnccn1. The molecule has 4 heteroatoms. The Morgan fingerprint density at radius 1 is 1.50 bits per heavy atom. The first-order chi connectivity index (χ1) is 4.84. The summed E-state index contributed by atoms with van der Waals surface area (Å²) in [6.07, 6.45) is 4.86. The summed E-state index contributed by atoms with van der Waals surface area (Å²) in [5.41, 5.74) is 0. The predicted molar refractivity (Wildman–Crippen MR) is 37.4 cm³/mol. The Morgan fingerprint density at radius 2 is 2.30 bits per heavy atom. The highest BCUT2D eigenvalue weighted by atomic mass is 16.7. The summed E-state index contributed by atoms with van der Waals surface area (Å²) < 4.78 is 0. The average Bonchev–Trinajstić information content (AvgIpc) is 2.05. The minimum Gasteiger partial charge on any atom is -0.276 e. The van der Waals surface area contributed by atoms with Gasteiger partial charge in [-0.3, -0.25) is 9.82 Å². The van der Waals surface area contributed by atoms with E-state index in [4.69, 9.17) is 4.84 Å². The third-order valence-corrected chi connectivity index (χ3v) is 1.15. The van der Waals surface area contributed by atoms with E-state index in [2.05, 4.69) is 9.97 Å². The molecule has 54 valence electrons. The molecule has 1 heterocycles. The van der Waals surface area contributed by atoms with Crippen LogP contribution in [0.4, 0.5) is 5.82 Å². The van der Waals surface area contributed by atoms with Crippen LogP contribution < -0.4 is 5.06 Å². The van der Waals surface area contributed by atoms with Gasteiger partial charge in [0.2, 0.25) is 0 Å². The molecule has 1 aromatic rings. The van der Waals surface area contributed by atoms with Crippen LogP contribution in [0.3, 0.4) is 0 Å². The van der Waals surface area contributed by atoms with Gasteiger partial charge < -0.3 is 0 Å². The van der Waals surface area contributed by atoms with Gasteiger partial charge in [-0.15, -0.1) is 0 Å². The van der Waals surface area contributed by atoms with E-state index < -0.39 is 0 Å². The maximum Gasteiger partial charge on any atom is 0.170 e. The Balaban J connectivity index is 2.75. The third-order valence-electron chi connectivity index (χ3n) is 1.15. The quantitative estimate of drug-likeness (QED) is 0.558. The van der Waals surface area contributed by atoms with Crippen LogP contribution in [0.1, 0.15) is 0 Å². The van der Waals surface area contributed by atoms with Gasteiger partial charge in [-0.25, -0.2) is 10.0 Å². The van der Waals surface area contributed by atoms with Crippen LogP contribution in [-0.2, 0) is 4.84 Å². The first-order valence-corrected chi connectivity index (χ1v) is 2.88. The Hall–Kier alpha value is -1.16. The largest absolute Gasteiger partial charge is 0.276 e. The Morgan fingerprint density at radius 3 is 2.80 bits per heavy atom. The van der Waals surface area contributed by atoms with Crippen LogP contribution in [0, 0.1) is 0 Å². The zero-order valence-corrected chi connectivity index (χ0v) is 5.98. The summed E-state index contributed by atoms with van der Waals surface area (Å²) in [7, 11) is 3.35. The van der Waals surface area contributed by atoms with Gasteiger partial charge >= 0.3 is 0 Å². The van der Waals surface area contributed by atoms with E-state index >= 15 is 0 Å². The molecular formula is C6H9N3O. The first kappa shape index (κ1) is 6.95. The van der Waals surface area contributed by atoms with Gasteiger partial charge in [-0.05, 0) is 0 Å². The van der Waals surface area contributed by atoms with Crippen LogP contribution in [0.25, 0.3) is 0 Å². The number of rotatable bonds is 2. The van der Waals surface area contributed by atoms with Crippen molar-refractivity contribution in [1.82, 2.24) is 9.97 Å².